The molecule has 20 heavy (non-hydrogen) atoms. The molecule has 106 valence electrons. The van der Waals surface area contributed by atoms with Crippen molar-refractivity contribution < 1.29 is 4.79 Å². The summed E-state index contributed by atoms with van der Waals surface area (Å²) in [6.07, 6.45) is 0.900. The third kappa shape index (κ3) is 2.92. The van der Waals surface area contributed by atoms with Crippen LogP contribution in [0.4, 0.5) is 0 Å². The summed E-state index contributed by atoms with van der Waals surface area (Å²) in [6.45, 7) is 2.09. The number of carbonyl (C=O) groups is 1. The molecule has 0 aliphatic rings. The van der Waals surface area contributed by atoms with Crippen LogP contribution >= 0.6 is 11.3 Å². The highest BCUT2D eigenvalue weighted by Crippen LogP contribution is 2.37. The van der Waals surface area contributed by atoms with Gasteiger partial charge in [0.15, 0.2) is 0 Å². The first-order valence-electron chi connectivity index (χ1n) is 6.62. The maximum Gasteiger partial charge on any atom is 0.210 e. The molecule has 0 aliphatic carbocycles. The molecule has 2 rings (SSSR count). The molecule has 1 aromatic carbocycles. The van der Waals surface area contributed by atoms with E-state index in [1.165, 1.54) is 16.0 Å². The minimum Gasteiger partial charge on any atom is -0.339 e. The minimum absolute atomic E-state index is 0.0000926. The average molecular weight is 288 g/mol. The summed E-state index contributed by atoms with van der Waals surface area (Å²) in [7, 11) is 3.77. The second-order valence-electron chi connectivity index (χ2n) is 4.86. The Morgan fingerprint density at radius 2 is 1.95 bits per heavy atom. The lowest BCUT2D eigenvalue weighted by Crippen LogP contribution is -2.34. The van der Waals surface area contributed by atoms with Crippen LogP contribution in [-0.2, 0) is 4.79 Å². The molecule has 3 nitrogen and oxygen atoms in total. The van der Waals surface area contributed by atoms with Crippen LogP contribution < -0.4 is 5.32 Å². The summed E-state index contributed by atoms with van der Waals surface area (Å²) in [6, 6.07) is 12.4. The monoisotopic (exact) mass is 288 g/mol. The van der Waals surface area contributed by atoms with E-state index in [0.717, 1.165) is 6.41 Å². The van der Waals surface area contributed by atoms with Crippen LogP contribution in [0.25, 0.3) is 0 Å². The molecule has 0 radical (unpaired) electrons. The fourth-order valence-corrected chi connectivity index (χ4v) is 3.61. The summed E-state index contributed by atoms with van der Waals surface area (Å²) in [5, 5.41) is 5.43. The van der Waals surface area contributed by atoms with Crippen LogP contribution in [0.1, 0.15) is 28.1 Å². The molecule has 2 aromatic rings. The Kier molecular flexibility index (Phi) is 4.93. The van der Waals surface area contributed by atoms with Crippen molar-refractivity contribution >= 4 is 17.7 Å². The van der Waals surface area contributed by atoms with Gasteiger partial charge in [-0.1, -0.05) is 30.3 Å². The van der Waals surface area contributed by atoms with Gasteiger partial charge in [0.25, 0.3) is 0 Å². The number of rotatable bonds is 6. The van der Waals surface area contributed by atoms with E-state index < -0.39 is 0 Å². The van der Waals surface area contributed by atoms with Gasteiger partial charge in [0, 0.05) is 11.9 Å². The van der Waals surface area contributed by atoms with Crippen molar-refractivity contribution in [3.05, 3.63) is 57.8 Å². The van der Waals surface area contributed by atoms with E-state index in [1.807, 2.05) is 32.3 Å². The van der Waals surface area contributed by atoms with Crippen molar-refractivity contribution in [2.45, 2.75) is 19.0 Å². The smallest absolute Gasteiger partial charge is 0.210 e. The predicted octanol–water partition coefficient (Wildman–Crippen LogP) is 3.15. The van der Waals surface area contributed by atoms with Crippen molar-refractivity contribution in [1.29, 1.82) is 0 Å². The van der Waals surface area contributed by atoms with E-state index in [0.29, 0.717) is 0 Å². The van der Waals surface area contributed by atoms with Crippen molar-refractivity contribution in [2.24, 2.45) is 0 Å². The first-order chi connectivity index (χ1) is 9.69. The van der Waals surface area contributed by atoms with Crippen LogP contribution in [0, 0.1) is 6.92 Å². The molecule has 2 atom stereocenters. The average Bonchev–Trinajstić information content (AvgIpc) is 2.90. The van der Waals surface area contributed by atoms with E-state index in [-0.39, 0.29) is 12.1 Å². The highest BCUT2D eigenvalue weighted by atomic mass is 32.1. The number of nitrogens with zero attached hydrogens (tertiary/aromatic N) is 1. The largest absolute Gasteiger partial charge is 0.339 e. The minimum atomic E-state index is -0.0000926. The standard InChI is InChI=1S/C16H20N2OS/c1-12-9-10-20-16(12)15(18(3)11-19)14(17-2)13-7-5-4-6-8-13/h4-11,14-15,17H,1-3H3. The zero-order valence-electron chi connectivity index (χ0n) is 12.0. The normalized spacial score (nSPS) is 13.8. The van der Waals surface area contributed by atoms with E-state index in [9.17, 15) is 4.79 Å². The van der Waals surface area contributed by atoms with E-state index in [2.05, 4.69) is 35.8 Å². The van der Waals surface area contributed by atoms with Crippen molar-refractivity contribution in [2.75, 3.05) is 14.1 Å². The molecule has 1 amide bonds. The second-order valence-corrected chi connectivity index (χ2v) is 5.81. The van der Waals surface area contributed by atoms with E-state index in [4.69, 9.17) is 0 Å². The number of carbonyl (C=O) groups excluding carboxylic acids is 1. The molecule has 2 unspecified atom stereocenters. The lowest BCUT2D eigenvalue weighted by atomic mass is 9.96. The maximum absolute atomic E-state index is 11.3. The molecule has 0 saturated heterocycles. The maximum atomic E-state index is 11.3. The number of amides is 1. The Balaban J connectivity index is 2.45. The predicted molar refractivity (Wildman–Crippen MR) is 83.9 cm³/mol. The Hall–Kier alpha value is -1.65. The topological polar surface area (TPSA) is 32.3 Å². The summed E-state index contributed by atoms with van der Waals surface area (Å²) < 4.78 is 0. The number of benzene rings is 1. The van der Waals surface area contributed by atoms with E-state index in [1.54, 1.807) is 16.2 Å². The fraction of sp³-hybridized carbons (Fsp3) is 0.312. The van der Waals surface area contributed by atoms with Crippen LogP contribution in [0.15, 0.2) is 41.8 Å². The van der Waals surface area contributed by atoms with Gasteiger partial charge in [-0.2, -0.15) is 0 Å². The molecule has 0 aliphatic heterocycles. The molecule has 0 bridgehead atoms. The zero-order valence-corrected chi connectivity index (χ0v) is 12.9. The van der Waals surface area contributed by atoms with Crippen molar-refractivity contribution in [3.63, 3.8) is 0 Å². The number of aryl methyl sites for hydroxylation is 1. The van der Waals surface area contributed by atoms with Gasteiger partial charge in [0.2, 0.25) is 6.41 Å². The van der Waals surface area contributed by atoms with E-state index >= 15 is 0 Å². The summed E-state index contributed by atoms with van der Waals surface area (Å²) in [4.78, 5) is 14.3. The second kappa shape index (κ2) is 6.68. The molecule has 0 saturated carbocycles. The van der Waals surface area contributed by atoms with Crippen LogP contribution in [0.5, 0.6) is 0 Å². The number of thiophene rings is 1. The van der Waals surface area contributed by atoms with Gasteiger partial charge in [0.1, 0.15) is 0 Å². The Labute approximate surface area is 124 Å². The Morgan fingerprint density at radius 3 is 2.45 bits per heavy atom. The number of hydrogen-bond donors (Lipinski definition) is 1. The van der Waals surface area contributed by atoms with Gasteiger partial charge in [-0.15, -0.1) is 11.3 Å². The van der Waals surface area contributed by atoms with Crippen LogP contribution in [0.3, 0.4) is 0 Å². The lowest BCUT2D eigenvalue weighted by Gasteiger charge is -2.32. The quantitative estimate of drug-likeness (QED) is 0.828. The highest BCUT2D eigenvalue weighted by Gasteiger charge is 2.28. The molecule has 1 aromatic heterocycles. The van der Waals surface area contributed by atoms with Gasteiger partial charge in [0.05, 0.1) is 12.1 Å². The lowest BCUT2D eigenvalue weighted by molar-refractivity contribution is -0.119. The van der Waals surface area contributed by atoms with Gasteiger partial charge < -0.3 is 10.2 Å². The van der Waals surface area contributed by atoms with Gasteiger partial charge in [-0.25, -0.2) is 0 Å². The molecular formula is C16H20N2OS. The fourth-order valence-electron chi connectivity index (χ4n) is 2.49. The van der Waals surface area contributed by atoms with Crippen LogP contribution in [0.2, 0.25) is 0 Å². The first-order valence-corrected chi connectivity index (χ1v) is 7.50. The van der Waals surface area contributed by atoms with Gasteiger partial charge >= 0.3 is 0 Å². The number of nitrogens with one attached hydrogen (secondary N) is 1. The molecule has 0 fully saturated rings. The molecule has 0 spiro atoms. The Bertz CT molecular complexity index is 553. The molecule has 1 N–H and O–H groups in total. The Morgan fingerprint density at radius 1 is 1.25 bits per heavy atom. The highest BCUT2D eigenvalue weighted by molar-refractivity contribution is 7.10. The van der Waals surface area contributed by atoms with Crippen molar-refractivity contribution in [1.82, 2.24) is 10.2 Å². The number of hydrogen-bond acceptors (Lipinski definition) is 3. The van der Waals surface area contributed by atoms with Gasteiger partial charge in [-0.3, -0.25) is 4.79 Å². The zero-order chi connectivity index (χ0) is 14.5. The third-order valence-electron chi connectivity index (χ3n) is 3.56. The molecule has 1 heterocycles. The molecule has 4 heteroatoms. The van der Waals surface area contributed by atoms with Crippen LogP contribution in [-0.4, -0.2) is 25.4 Å². The SMILES string of the molecule is CNC(c1ccccc1)C(c1sccc1C)N(C)C=O. The summed E-state index contributed by atoms with van der Waals surface area (Å²) in [5.74, 6) is 0. The number of likely N-dealkylation sites (N-methyl/N-ethyl adjacent to an activating group) is 2. The third-order valence-corrected chi connectivity index (χ3v) is 4.65. The van der Waals surface area contributed by atoms with Crippen molar-refractivity contribution in [3.8, 4) is 0 Å². The summed E-state index contributed by atoms with van der Waals surface area (Å²) in [5.41, 5.74) is 2.41. The first kappa shape index (κ1) is 14.8. The van der Waals surface area contributed by atoms with Gasteiger partial charge in [-0.05, 0) is 36.5 Å². The summed E-state index contributed by atoms with van der Waals surface area (Å²) >= 11 is 1.70. The molecular weight excluding hydrogens is 268 g/mol.